The Morgan fingerprint density at radius 3 is 2.81 bits per heavy atom. The van der Waals surface area contributed by atoms with Gasteiger partial charge in [-0.15, -0.1) is 0 Å². The van der Waals surface area contributed by atoms with Crippen molar-refractivity contribution in [3.05, 3.63) is 23.8 Å². The first-order valence-corrected chi connectivity index (χ1v) is 7.02. The number of anilines is 1. The number of benzene rings is 1. The second kappa shape index (κ2) is 3.97. The zero-order chi connectivity index (χ0) is 11.8. The van der Waals surface area contributed by atoms with Gasteiger partial charge in [-0.05, 0) is 31.0 Å². The average molecular weight is 241 g/mol. The Morgan fingerprint density at radius 2 is 2.19 bits per heavy atom. The minimum atomic E-state index is -2.90. The lowest BCUT2D eigenvalue weighted by molar-refractivity contribution is 0.230. The van der Waals surface area contributed by atoms with Gasteiger partial charge in [-0.3, -0.25) is 0 Å². The number of sulfone groups is 1. The smallest absolute Gasteiger partial charge is 0.154 e. The largest absolute Gasteiger partial charge is 0.487 e. The minimum Gasteiger partial charge on any atom is -0.487 e. The Balaban J connectivity index is 2.13. The highest BCUT2D eigenvalue weighted by Crippen LogP contribution is 2.26. The van der Waals surface area contributed by atoms with Crippen LogP contribution in [0.5, 0.6) is 5.75 Å². The molecule has 0 radical (unpaired) electrons. The topological polar surface area (TPSA) is 69.4 Å². The van der Waals surface area contributed by atoms with Crippen molar-refractivity contribution in [3.8, 4) is 5.75 Å². The molecule has 1 aliphatic rings. The van der Waals surface area contributed by atoms with Gasteiger partial charge in [0.1, 0.15) is 11.9 Å². The molecule has 0 bridgehead atoms. The Morgan fingerprint density at radius 1 is 1.44 bits per heavy atom. The van der Waals surface area contributed by atoms with E-state index in [1.807, 2.05) is 19.1 Å². The van der Waals surface area contributed by atoms with E-state index in [0.717, 1.165) is 5.56 Å². The van der Waals surface area contributed by atoms with Crippen molar-refractivity contribution in [2.75, 3.05) is 17.2 Å². The first kappa shape index (κ1) is 11.3. The van der Waals surface area contributed by atoms with Crippen LogP contribution in [0, 0.1) is 6.92 Å². The molecule has 16 heavy (non-hydrogen) atoms. The normalized spacial score (nSPS) is 23.2. The maximum atomic E-state index is 11.3. The molecule has 1 unspecified atom stereocenters. The third-order valence-corrected chi connectivity index (χ3v) is 4.39. The van der Waals surface area contributed by atoms with Crippen LogP contribution >= 0.6 is 0 Å². The first-order valence-electron chi connectivity index (χ1n) is 5.19. The van der Waals surface area contributed by atoms with Gasteiger partial charge in [0.2, 0.25) is 0 Å². The molecule has 0 saturated carbocycles. The predicted molar refractivity (Wildman–Crippen MR) is 63.3 cm³/mol. The van der Waals surface area contributed by atoms with Crippen LogP contribution in [0.4, 0.5) is 5.69 Å². The molecule has 1 fully saturated rings. The molecule has 0 aromatic heterocycles. The maximum absolute atomic E-state index is 11.3. The van der Waals surface area contributed by atoms with Crippen LogP contribution < -0.4 is 10.5 Å². The second-order valence-electron chi connectivity index (χ2n) is 4.18. The van der Waals surface area contributed by atoms with Crippen LogP contribution in [-0.4, -0.2) is 26.0 Å². The summed E-state index contributed by atoms with van der Waals surface area (Å²) in [6.45, 7) is 1.94. The standard InChI is InChI=1S/C11H15NO3S/c1-8-2-3-10(12)11(6-8)15-9-4-5-16(13,14)7-9/h2-3,6,9H,4-5,7,12H2,1H3. The summed E-state index contributed by atoms with van der Waals surface area (Å²) in [5.41, 5.74) is 7.36. The fraction of sp³-hybridized carbons (Fsp3) is 0.455. The van der Waals surface area contributed by atoms with Gasteiger partial charge in [-0.2, -0.15) is 0 Å². The van der Waals surface area contributed by atoms with Crippen molar-refractivity contribution in [1.29, 1.82) is 0 Å². The summed E-state index contributed by atoms with van der Waals surface area (Å²) in [5, 5.41) is 0. The Labute approximate surface area is 95.3 Å². The highest BCUT2D eigenvalue weighted by molar-refractivity contribution is 7.91. The fourth-order valence-electron chi connectivity index (χ4n) is 1.78. The molecular formula is C11H15NO3S. The molecule has 1 aliphatic heterocycles. The van der Waals surface area contributed by atoms with Crippen molar-refractivity contribution in [2.24, 2.45) is 0 Å². The lowest BCUT2D eigenvalue weighted by Crippen LogP contribution is -2.18. The van der Waals surface area contributed by atoms with E-state index in [1.54, 1.807) is 6.07 Å². The van der Waals surface area contributed by atoms with E-state index in [0.29, 0.717) is 17.9 Å². The molecule has 0 aliphatic carbocycles. The zero-order valence-corrected chi connectivity index (χ0v) is 9.96. The summed E-state index contributed by atoms with van der Waals surface area (Å²) < 4.78 is 28.2. The van der Waals surface area contributed by atoms with Gasteiger partial charge in [0.15, 0.2) is 9.84 Å². The molecule has 5 heteroatoms. The van der Waals surface area contributed by atoms with Crippen molar-refractivity contribution in [1.82, 2.24) is 0 Å². The van der Waals surface area contributed by atoms with E-state index in [2.05, 4.69) is 0 Å². The van der Waals surface area contributed by atoms with Crippen molar-refractivity contribution in [2.45, 2.75) is 19.4 Å². The number of hydrogen-bond acceptors (Lipinski definition) is 4. The number of nitrogen functional groups attached to an aromatic ring is 1. The molecule has 2 rings (SSSR count). The number of hydrogen-bond donors (Lipinski definition) is 1. The number of ether oxygens (including phenoxy) is 1. The van der Waals surface area contributed by atoms with Crippen LogP contribution in [0.2, 0.25) is 0 Å². The molecule has 4 nitrogen and oxygen atoms in total. The van der Waals surface area contributed by atoms with Crippen LogP contribution in [0.15, 0.2) is 18.2 Å². The van der Waals surface area contributed by atoms with Gasteiger partial charge in [-0.1, -0.05) is 6.07 Å². The summed E-state index contributed by atoms with van der Waals surface area (Å²) in [4.78, 5) is 0. The number of aryl methyl sites for hydroxylation is 1. The van der Waals surface area contributed by atoms with E-state index >= 15 is 0 Å². The molecular weight excluding hydrogens is 226 g/mol. The highest BCUT2D eigenvalue weighted by atomic mass is 32.2. The van der Waals surface area contributed by atoms with Gasteiger partial charge in [0.25, 0.3) is 0 Å². The van der Waals surface area contributed by atoms with Gasteiger partial charge in [0.05, 0.1) is 17.2 Å². The summed E-state index contributed by atoms with van der Waals surface area (Å²) in [6.07, 6.45) is 0.296. The quantitative estimate of drug-likeness (QED) is 0.788. The van der Waals surface area contributed by atoms with Crippen LogP contribution in [0.3, 0.4) is 0 Å². The molecule has 1 atom stereocenters. The maximum Gasteiger partial charge on any atom is 0.154 e. The predicted octanol–water partition coefficient (Wildman–Crippen LogP) is 1.14. The van der Waals surface area contributed by atoms with Crippen molar-refractivity contribution in [3.63, 3.8) is 0 Å². The summed E-state index contributed by atoms with van der Waals surface area (Å²) >= 11 is 0. The van der Waals surface area contributed by atoms with Gasteiger partial charge < -0.3 is 10.5 Å². The molecule has 88 valence electrons. The fourth-order valence-corrected chi connectivity index (χ4v) is 3.37. The van der Waals surface area contributed by atoms with Crippen molar-refractivity contribution >= 4 is 15.5 Å². The summed E-state index contributed by atoms with van der Waals surface area (Å²) in [5.74, 6) is 0.895. The van der Waals surface area contributed by atoms with Crippen LogP contribution in [-0.2, 0) is 9.84 Å². The molecule has 1 saturated heterocycles. The SMILES string of the molecule is Cc1ccc(N)c(OC2CCS(=O)(=O)C2)c1. The highest BCUT2D eigenvalue weighted by Gasteiger charge is 2.29. The molecule has 0 amide bonds. The monoisotopic (exact) mass is 241 g/mol. The van der Waals surface area contributed by atoms with Crippen LogP contribution in [0.25, 0.3) is 0 Å². The molecule has 0 spiro atoms. The Hall–Kier alpha value is -1.23. The Kier molecular flexibility index (Phi) is 2.80. The van der Waals surface area contributed by atoms with E-state index in [4.69, 9.17) is 10.5 Å². The lowest BCUT2D eigenvalue weighted by Gasteiger charge is -2.14. The Bertz CT molecular complexity index is 496. The molecule has 1 aromatic carbocycles. The van der Waals surface area contributed by atoms with E-state index in [-0.39, 0.29) is 17.6 Å². The van der Waals surface area contributed by atoms with Crippen LogP contribution in [0.1, 0.15) is 12.0 Å². The average Bonchev–Trinajstić information content (AvgIpc) is 2.52. The van der Waals surface area contributed by atoms with E-state index < -0.39 is 9.84 Å². The van der Waals surface area contributed by atoms with Gasteiger partial charge in [-0.25, -0.2) is 8.42 Å². The zero-order valence-electron chi connectivity index (χ0n) is 9.14. The summed E-state index contributed by atoms with van der Waals surface area (Å²) in [7, 11) is -2.90. The lowest BCUT2D eigenvalue weighted by atomic mass is 10.2. The van der Waals surface area contributed by atoms with Gasteiger partial charge in [0, 0.05) is 0 Å². The van der Waals surface area contributed by atoms with Crippen molar-refractivity contribution < 1.29 is 13.2 Å². The van der Waals surface area contributed by atoms with E-state index in [1.165, 1.54) is 0 Å². The van der Waals surface area contributed by atoms with Gasteiger partial charge >= 0.3 is 0 Å². The second-order valence-corrected chi connectivity index (χ2v) is 6.41. The first-order chi connectivity index (χ1) is 7.46. The third-order valence-electron chi connectivity index (χ3n) is 2.65. The molecule has 1 aromatic rings. The minimum absolute atomic E-state index is 0.0976. The summed E-state index contributed by atoms with van der Waals surface area (Å²) in [6, 6.07) is 5.50. The van der Waals surface area contributed by atoms with E-state index in [9.17, 15) is 8.42 Å². The third kappa shape index (κ3) is 2.47. The number of nitrogens with two attached hydrogens (primary N) is 1. The molecule has 2 N–H and O–H groups in total. The number of rotatable bonds is 2. The molecule has 1 heterocycles.